The molecule has 0 radical (unpaired) electrons. The molecule has 0 aliphatic heterocycles. The number of halogens is 3. The van der Waals surface area contributed by atoms with Gasteiger partial charge in [-0.15, -0.1) is 0 Å². The third kappa shape index (κ3) is 2.37. The topological polar surface area (TPSA) is 12.9 Å². The zero-order chi connectivity index (χ0) is 13.3. The van der Waals surface area contributed by atoms with Gasteiger partial charge in [-0.25, -0.2) is 0 Å². The fourth-order valence-electron chi connectivity index (χ4n) is 1.87. The van der Waals surface area contributed by atoms with Gasteiger partial charge in [0.25, 0.3) is 0 Å². The molecule has 0 amide bonds. The lowest BCUT2D eigenvalue weighted by Crippen LogP contribution is -2.05. The first-order chi connectivity index (χ1) is 8.39. The van der Waals surface area contributed by atoms with Crippen molar-refractivity contribution in [2.24, 2.45) is 0 Å². The largest absolute Gasteiger partial charge is 0.416 e. The molecule has 2 aromatic rings. The van der Waals surface area contributed by atoms with E-state index in [0.717, 1.165) is 29.0 Å². The van der Waals surface area contributed by atoms with E-state index in [1.165, 1.54) is 6.07 Å². The van der Waals surface area contributed by atoms with Gasteiger partial charge < -0.3 is 0 Å². The van der Waals surface area contributed by atoms with Gasteiger partial charge in [0, 0.05) is 11.8 Å². The maximum Gasteiger partial charge on any atom is 0.416 e. The molecule has 18 heavy (non-hydrogen) atoms. The Morgan fingerprint density at radius 2 is 1.72 bits per heavy atom. The highest BCUT2D eigenvalue weighted by Crippen LogP contribution is 2.33. The van der Waals surface area contributed by atoms with E-state index in [1.807, 2.05) is 13.0 Å². The second-order valence-corrected chi connectivity index (χ2v) is 4.20. The van der Waals surface area contributed by atoms with Crippen LogP contribution in [0.4, 0.5) is 13.2 Å². The van der Waals surface area contributed by atoms with Gasteiger partial charge in [0.1, 0.15) is 0 Å². The van der Waals surface area contributed by atoms with Crippen LogP contribution in [0.2, 0.25) is 0 Å². The average Bonchev–Trinajstić information content (AvgIpc) is 2.29. The Labute approximate surface area is 103 Å². The van der Waals surface area contributed by atoms with Crippen molar-refractivity contribution in [1.82, 2.24) is 4.98 Å². The smallest absolute Gasteiger partial charge is 0.256 e. The fraction of sp³-hybridized carbons (Fsp3) is 0.214. The van der Waals surface area contributed by atoms with Crippen LogP contribution in [0.15, 0.2) is 36.5 Å². The summed E-state index contributed by atoms with van der Waals surface area (Å²) < 4.78 is 37.7. The number of nitrogens with zero attached hydrogens (tertiary/aromatic N) is 1. The van der Waals surface area contributed by atoms with Crippen LogP contribution in [0, 0.1) is 13.8 Å². The number of hydrogen-bond acceptors (Lipinski definition) is 1. The van der Waals surface area contributed by atoms with Gasteiger partial charge in [-0.2, -0.15) is 13.2 Å². The molecule has 0 spiro atoms. The van der Waals surface area contributed by atoms with Crippen molar-refractivity contribution in [2.45, 2.75) is 20.0 Å². The molecule has 0 aliphatic carbocycles. The van der Waals surface area contributed by atoms with Crippen molar-refractivity contribution in [3.05, 3.63) is 53.2 Å². The van der Waals surface area contributed by atoms with Crippen LogP contribution < -0.4 is 0 Å². The molecule has 94 valence electrons. The van der Waals surface area contributed by atoms with Crippen molar-refractivity contribution in [3.8, 4) is 11.3 Å². The average molecular weight is 251 g/mol. The van der Waals surface area contributed by atoms with Crippen LogP contribution in [0.5, 0.6) is 0 Å². The van der Waals surface area contributed by atoms with E-state index in [2.05, 4.69) is 4.98 Å². The van der Waals surface area contributed by atoms with Crippen molar-refractivity contribution in [2.75, 3.05) is 0 Å². The molecule has 0 fully saturated rings. The molecule has 0 saturated heterocycles. The third-order valence-electron chi connectivity index (χ3n) is 2.82. The summed E-state index contributed by atoms with van der Waals surface area (Å²) in [6.45, 7) is 3.55. The standard InChI is InChI=1S/C14H12F3N/c1-9-4-3-7-18-13(9)12-6-5-11(8-10(12)2)14(15,16)17/h3-8H,1-2H3. The molecule has 1 aromatic carbocycles. The van der Waals surface area contributed by atoms with E-state index < -0.39 is 11.7 Å². The highest BCUT2D eigenvalue weighted by molar-refractivity contribution is 5.66. The minimum atomic E-state index is -4.30. The summed E-state index contributed by atoms with van der Waals surface area (Å²) in [5, 5.41) is 0. The normalized spacial score (nSPS) is 11.6. The minimum Gasteiger partial charge on any atom is -0.256 e. The van der Waals surface area contributed by atoms with E-state index in [-0.39, 0.29) is 0 Å². The van der Waals surface area contributed by atoms with Gasteiger partial charge in [0.15, 0.2) is 0 Å². The van der Waals surface area contributed by atoms with E-state index in [1.54, 1.807) is 19.2 Å². The van der Waals surface area contributed by atoms with Crippen LogP contribution >= 0.6 is 0 Å². The number of aromatic nitrogens is 1. The molecular formula is C14H12F3N. The van der Waals surface area contributed by atoms with E-state index >= 15 is 0 Å². The second-order valence-electron chi connectivity index (χ2n) is 4.20. The summed E-state index contributed by atoms with van der Waals surface area (Å²) in [5.74, 6) is 0. The summed E-state index contributed by atoms with van der Waals surface area (Å²) in [5.41, 5.74) is 2.36. The van der Waals surface area contributed by atoms with Gasteiger partial charge >= 0.3 is 6.18 Å². The first kappa shape index (κ1) is 12.6. The zero-order valence-electron chi connectivity index (χ0n) is 10.0. The molecule has 0 N–H and O–H groups in total. The molecule has 0 bridgehead atoms. The number of alkyl halides is 3. The van der Waals surface area contributed by atoms with Crippen LogP contribution in [0.1, 0.15) is 16.7 Å². The Balaban J connectivity index is 2.52. The van der Waals surface area contributed by atoms with E-state index in [4.69, 9.17) is 0 Å². The van der Waals surface area contributed by atoms with Crippen LogP contribution in [-0.4, -0.2) is 4.98 Å². The quantitative estimate of drug-likeness (QED) is 0.732. The van der Waals surface area contributed by atoms with Gasteiger partial charge in [0.05, 0.1) is 11.3 Å². The highest BCUT2D eigenvalue weighted by Gasteiger charge is 2.30. The van der Waals surface area contributed by atoms with Gasteiger partial charge in [-0.05, 0) is 43.2 Å². The summed E-state index contributed by atoms with van der Waals surface area (Å²) in [6.07, 6.45) is -2.66. The number of rotatable bonds is 1. The van der Waals surface area contributed by atoms with Crippen molar-refractivity contribution >= 4 is 0 Å². The molecule has 0 atom stereocenters. The number of pyridine rings is 1. The van der Waals surface area contributed by atoms with E-state index in [0.29, 0.717) is 5.56 Å². The summed E-state index contributed by atoms with van der Waals surface area (Å²) in [7, 11) is 0. The maximum atomic E-state index is 12.6. The maximum absolute atomic E-state index is 12.6. The first-order valence-electron chi connectivity index (χ1n) is 5.49. The van der Waals surface area contributed by atoms with Crippen molar-refractivity contribution < 1.29 is 13.2 Å². The van der Waals surface area contributed by atoms with E-state index in [9.17, 15) is 13.2 Å². The van der Waals surface area contributed by atoms with Crippen LogP contribution in [0.3, 0.4) is 0 Å². The molecule has 4 heteroatoms. The zero-order valence-corrected chi connectivity index (χ0v) is 10.0. The van der Waals surface area contributed by atoms with Gasteiger partial charge in [-0.3, -0.25) is 4.98 Å². The summed E-state index contributed by atoms with van der Waals surface area (Å²) in [4.78, 5) is 4.22. The minimum absolute atomic E-state index is 0.576. The second kappa shape index (κ2) is 4.44. The number of aryl methyl sites for hydroxylation is 2. The SMILES string of the molecule is Cc1cc(C(F)(F)F)ccc1-c1ncccc1C. The predicted octanol–water partition coefficient (Wildman–Crippen LogP) is 4.38. The Morgan fingerprint density at radius 3 is 2.28 bits per heavy atom. The molecule has 1 heterocycles. The lowest BCUT2D eigenvalue weighted by Gasteiger charge is -2.12. The summed E-state index contributed by atoms with van der Waals surface area (Å²) >= 11 is 0. The number of hydrogen-bond donors (Lipinski definition) is 0. The molecule has 2 rings (SSSR count). The highest BCUT2D eigenvalue weighted by atomic mass is 19.4. The Morgan fingerprint density at radius 1 is 1.00 bits per heavy atom. The molecular weight excluding hydrogens is 239 g/mol. The third-order valence-corrected chi connectivity index (χ3v) is 2.82. The molecule has 1 aromatic heterocycles. The molecule has 0 aliphatic rings. The van der Waals surface area contributed by atoms with Crippen LogP contribution in [0.25, 0.3) is 11.3 Å². The lowest BCUT2D eigenvalue weighted by atomic mass is 9.99. The molecule has 1 nitrogen and oxygen atoms in total. The molecule has 0 saturated carbocycles. The van der Waals surface area contributed by atoms with Gasteiger partial charge in [0.2, 0.25) is 0 Å². The fourth-order valence-corrected chi connectivity index (χ4v) is 1.87. The summed E-state index contributed by atoms with van der Waals surface area (Å²) in [6, 6.07) is 7.42. The lowest BCUT2D eigenvalue weighted by molar-refractivity contribution is -0.137. The van der Waals surface area contributed by atoms with Gasteiger partial charge in [-0.1, -0.05) is 12.1 Å². The Bertz CT molecular complexity index is 573. The van der Waals surface area contributed by atoms with Crippen molar-refractivity contribution in [1.29, 1.82) is 0 Å². The number of benzene rings is 1. The predicted molar refractivity (Wildman–Crippen MR) is 64.1 cm³/mol. The molecule has 0 unspecified atom stereocenters. The first-order valence-corrected chi connectivity index (χ1v) is 5.49. The Hall–Kier alpha value is -1.84. The monoisotopic (exact) mass is 251 g/mol. The van der Waals surface area contributed by atoms with Crippen molar-refractivity contribution in [3.63, 3.8) is 0 Å². The van der Waals surface area contributed by atoms with Crippen LogP contribution in [-0.2, 0) is 6.18 Å². The Kier molecular flexibility index (Phi) is 3.11.